The molecule has 1 atom stereocenters. The molecule has 0 saturated carbocycles. The van der Waals surface area contributed by atoms with Crippen molar-refractivity contribution in [2.24, 2.45) is 0 Å². The molecule has 1 aliphatic heterocycles. The van der Waals surface area contributed by atoms with Crippen LogP contribution in [0.4, 0.5) is 0 Å². The minimum Gasteiger partial charge on any atom is -0.299 e. The van der Waals surface area contributed by atoms with E-state index in [1.165, 1.54) is 24.1 Å². The first-order chi connectivity index (χ1) is 8.08. The Morgan fingerprint density at radius 3 is 2.53 bits per heavy atom. The van der Waals surface area contributed by atoms with Gasteiger partial charge < -0.3 is 0 Å². The maximum atomic E-state index is 5.92. The van der Waals surface area contributed by atoms with Crippen molar-refractivity contribution in [1.82, 2.24) is 4.90 Å². The SMILES string of the molecule is CC1=C(C)[C@H](Cc2ccc(Cl)cc2)N(C)CC1. The van der Waals surface area contributed by atoms with E-state index in [-0.39, 0.29) is 0 Å². The highest BCUT2D eigenvalue weighted by molar-refractivity contribution is 6.30. The molecule has 1 nitrogen and oxygen atoms in total. The average molecular weight is 250 g/mol. The molecule has 0 spiro atoms. The zero-order valence-corrected chi connectivity index (χ0v) is 11.6. The maximum absolute atomic E-state index is 5.92. The summed E-state index contributed by atoms with van der Waals surface area (Å²) in [6, 6.07) is 8.77. The summed E-state index contributed by atoms with van der Waals surface area (Å²) in [5.41, 5.74) is 4.45. The molecule has 0 amide bonds. The second kappa shape index (κ2) is 5.24. The molecule has 1 aliphatic rings. The zero-order chi connectivity index (χ0) is 12.4. The Hall–Kier alpha value is -0.790. The van der Waals surface area contributed by atoms with Gasteiger partial charge in [0.05, 0.1) is 0 Å². The number of likely N-dealkylation sites (N-methyl/N-ethyl adjacent to an activating group) is 1. The molecule has 0 aliphatic carbocycles. The van der Waals surface area contributed by atoms with Crippen LogP contribution in [0.5, 0.6) is 0 Å². The molecule has 1 aromatic carbocycles. The van der Waals surface area contributed by atoms with Crippen LogP contribution in [-0.2, 0) is 6.42 Å². The molecule has 0 fully saturated rings. The van der Waals surface area contributed by atoms with Crippen molar-refractivity contribution in [3.63, 3.8) is 0 Å². The molecule has 0 aromatic heterocycles. The number of hydrogen-bond acceptors (Lipinski definition) is 1. The van der Waals surface area contributed by atoms with Gasteiger partial charge in [-0.05, 0) is 51.4 Å². The average Bonchev–Trinajstić information content (AvgIpc) is 2.32. The summed E-state index contributed by atoms with van der Waals surface area (Å²) >= 11 is 5.92. The molecule has 0 saturated heterocycles. The summed E-state index contributed by atoms with van der Waals surface area (Å²) in [7, 11) is 2.22. The number of benzene rings is 1. The standard InChI is InChI=1S/C15H20ClN/c1-11-8-9-17(3)15(12(11)2)10-13-4-6-14(16)7-5-13/h4-7,15H,8-10H2,1-3H3/t15-/m0/s1. The van der Waals surface area contributed by atoms with Crippen molar-refractivity contribution < 1.29 is 0 Å². The van der Waals surface area contributed by atoms with Crippen LogP contribution < -0.4 is 0 Å². The zero-order valence-electron chi connectivity index (χ0n) is 10.8. The minimum absolute atomic E-state index is 0.546. The smallest absolute Gasteiger partial charge is 0.0406 e. The van der Waals surface area contributed by atoms with Crippen molar-refractivity contribution in [2.45, 2.75) is 32.7 Å². The van der Waals surface area contributed by atoms with E-state index >= 15 is 0 Å². The van der Waals surface area contributed by atoms with Crippen molar-refractivity contribution in [1.29, 1.82) is 0 Å². The van der Waals surface area contributed by atoms with Gasteiger partial charge in [0.1, 0.15) is 0 Å². The third kappa shape index (κ3) is 2.91. The first-order valence-corrected chi connectivity index (χ1v) is 6.56. The normalized spacial score (nSPS) is 22.0. The summed E-state index contributed by atoms with van der Waals surface area (Å²) in [4.78, 5) is 2.46. The van der Waals surface area contributed by atoms with Crippen LogP contribution in [0.2, 0.25) is 5.02 Å². The van der Waals surface area contributed by atoms with E-state index < -0.39 is 0 Å². The second-order valence-electron chi connectivity index (χ2n) is 5.04. The Kier molecular flexibility index (Phi) is 3.90. The first-order valence-electron chi connectivity index (χ1n) is 6.19. The van der Waals surface area contributed by atoms with Crippen LogP contribution in [0.3, 0.4) is 0 Å². The van der Waals surface area contributed by atoms with Gasteiger partial charge in [-0.1, -0.05) is 34.9 Å². The second-order valence-corrected chi connectivity index (χ2v) is 5.48. The highest BCUT2D eigenvalue weighted by Crippen LogP contribution is 2.25. The molecule has 2 heteroatoms. The quantitative estimate of drug-likeness (QED) is 0.718. The fourth-order valence-corrected chi connectivity index (χ4v) is 2.59. The van der Waals surface area contributed by atoms with Gasteiger partial charge in [0.25, 0.3) is 0 Å². The van der Waals surface area contributed by atoms with Gasteiger partial charge >= 0.3 is 0 Å². The van der Waals surface area contributed by atoms with E-state index in [9.17, 15) is 0 Å². The molecular formula is C15H20ClN. The number of hydrogen-bond donors (Lipinski definition) is 0. The Morgan fingerprint density at radius 1 is 1.24 bits per heavy atom. The summed E-state index contributed by atoms with van der Waals surface area (Å²) in [6.45, 7) is 5.70. The monoisotopic (exact) mass is 249 g/mol. The van der Waals surface area contributed by atoms with E-state index in [1.54, 1.807) is 5.57 Å². The predicted octanol–water partition coefficient (Wildman–Crippen LogP) is 3.92. The lowest BCUT2D eigenvalue weighted by molar-refractivity contribution is 0.255. The van der Waals surface area contributed by atoms with Crippen molar-refractivity contribution in [2.75, 3.05) is 13.6 Å². The fourth-order valence-electron chi connectivity index (χ4n) is 2.46. The molecule has 92 valence electrons. The van der Waals surface area contributed by atoms with Gasteiger partial charge in [-0.2, -0.15) is 0 Å². The lowest BCUT2D eigenvalue weighted by atomic mass is 9.91. The number of nitrogens with zero attached hydrogens (tertiary/aromatic N) is 1. The Bertz CT molecular complexity index is 419. The topological polar surface area (TPSA) is 3.24 Å². The number of rotatable bonds is 2. The molecule has 17 heavy (non-hydrogen) atoms. The molecule has 0 unspecified atom stereocenters. The molecular weight excluding hydrogens is 230 g/mol. The Labute approximate surface area is 109 Å². The summed E-state index contributed by atoms with van der Waals surface area (Å²) in [5.74, 6) is 0. The summed E-state index contributed by atoms with van der Waals surface area (Å²) < 4.78 is 0. The highest BCUT2D eigenvalue weighted by Gasteiger charge is 2.22. The van der Waals surface area contributed by atoms with Crippen LogP contribution in [0.15, 0.2) is 35.4 Å². The maximum Gasteiger partial charge on any atom is 0.0406 e. The van der Waals surface area contributed by atoms with Crippen LogP contribution in [0.1, 0.15) is 25.8 Å². The highest BCUT2D eigenvalue weighted by atomic mass is 35.5. The number of halogens is 1. The third-order valence-corrected chi connectivity index (χ3v) is 4.14. The molecule has 1 aromatic rings. The van der Waals surface area contributed by atoms with Gasteiger partial charge in [0.2, 0.25) is 0 Å². The summed E-state index contributed by atoms with van der Waals surface area (Å²) in [6.07, 6.45) is 2.29. The van der Waals surface area contributed by atoms with Crippen LogP contribution >= 0.6 is 11.6 Å². The lowest BCUT2D eigenvalue weighted by Crippen LogP contribution is -2.38. The van der Waals surface area contributed by atoms with Crippen molar-refractivity contribution in [3.8, 4) is 0 Å². The molecule has 0 radical (unpaired) electrons. The van der Waals surface area contributed by atoms with Crippen molar-refractivity contribution >= 4 is 11.6 Å². The van der Waals surface area contributed by atoms with Crippen LogP contribution in [-0.4, -0.2) is 24.5 Å². The van der Waals surface area contributed by atoms with Gasteiger partial charge in [-0.25, -0.2) is 0 Å². The van der Waals surface area contributed by atoms with Gasteiger partial charge in [-0.3, -0.25) is 4.90 Å². The molecule has 0 N–H and O–H groups in total. The Morgan fingerprint density at radius 2 is 1.88 bits per heavy atom. The van der Waals surface area contributed by atoms with Crippen LogP contribution in [0, 0.1) is 0 Å². The van der Waals surface area contributed by atoms with E-state index in [0.29, 0.717) is 6.04 Å². The third-order valence-electron chi connectivity index (χ3n) is 3.89. The van der Waals surface area contributed by atoms with Gasteiger partial charge in [0, 0.05) is 17.6 Å². The van der Waals surface area contributed by atoms with Crippen molar-refractivity contribution in [3.05, 3.63) is 46.0 Å². The largest absolute Gasteiger partial charge is 0.299 e. The lowest BCUT2D eigenvalue weighted by Gasteiger charge is -2.34. The summed E-state index contributed by atoms with van der Waals surface area (Å²) in [5, 5.41) is 0.814. The molecule has 0 bridgehead atoms. The van der Waals surface area contributed by atoms with E-state index in [1.807, 2.05) is 12.1 Å². The fraction of sp³-hybridized carbons (Fsp3) is 0.467. The van der Waals surface area contributed by atoms with Crippen LogP contribution in [0.25, 0.3) is 0 Å². The van der Waals surface area contributed by atoms with E-state index in [2.05, 4.69) is 37.9 Å². The first kappa shape index (κ1) is 12.7. The van der Waals surface area contributed by atoms with E-state index in [4.69, 9.17) is 11.6 Å². The molecule has 1 heterocycles. The van der Waals surface area contributed by atoms with E-state index in [0.717, 1.165) is 11.4 Å². The Balaban J connectivity index is 2.17. The van der Waals surface area contributed by atoms with Gasteiger partial charge in [0.15, 0.2) is 0 Å². The predicted molar refractivity (Wildman–Crippen MR) is 74.6 cm³/mol. The minimum atomic E-state index is 0.546. The van der Waals surface area contributed by atoms with Gasteiger partial charge in [-0.15, -0.1) is 0 Å². The molecule has 2 rings (SSSR count).